The molecule has 1 unspecified atom stereocenters. The van der Waals surface area contributed by atoms with Gasteiger partial charge in [-0.3, -0.25) is 4.79 Å². The number of rotatable bonds is 6. The third kappa shape index (κ3) is 3.31. The highest BCUT2D eigenvalue weighted by Crippen LogP contribution is 2.49. The molecule has 3 N–H and O–H groups in total. The fourth-order valence-electron chi connectivity index (χ4n) is 3.91. The van der Waals surface area contributed by atoms with Crippen molar-refractivity contribution in [1.82, 2.24) is 5.32 Å². The van der Waals surface area contributed by atoms with Gasteiger partial charge in [-0.1, -0.05) is 19.3 Å². The second-order valence-electron chi connectivity index (χ2n) is 6.95. The van der Waals surface area contributed by atoms with Crippen LogP contribution < -0.4 is 11.1 Å². The summed E-state index contributed by atoms with van der Waals surface area (Å²) in [6.07, 6.45) is 11.6. The van der Waals surface area contributed by atoms with E-state index in [4.69, 9.17) is 5.73 Å². The van der Waals surface area contributed by atoms with Crippen molar-refractivity contribution in [2.24, 2.45) is 29.4 Å². The first-order chi connectivity index (χ1) is 9.29. The molecule has 3 fully saturated rings. The summed E-state index contributed by atoms with van der Waals surface area (Å²) >= 11 is 0. The topological polar surface area (TPSA) is 55.1 Å². The Hall–Kier alpha value is -0.570. The molecule has 108 valence electrons. The Kier molecular flexibility index (Phi) is 4.11. The van der Waals surface area contributed by atoms with E-state index in [0.717, 1.165) is 0 Å². The average Bonchev–Trinajstić information content (AvgIpc) is 3.31. The molecule has 1 atom stereocenters. The van der Waals surface area contributed by atoms with E-state index in [1.165, 1.54) is 57.8 Å². The third-order valence-corrected chi connectivity index (χ3v) is 5.36. The Bertz CT molecular complexity index is 305. The Balaban J connectivity index is 1.56. The Morgan fingerprint density at radius 2 is 1.53 bits per heavy atom. The summed E-state index contributed by atoms with van der Waals surface area (Å²) in [6.45, 7) is 0.610. The zero-order chi connectivity index (χ0) is 13.2. The van der Waals surface area contributed by atoms with E-state index < -0.39 is 0 Å². The van der Waals surface area contributed by atoms with E-state index in [2.05, 4.69) is 5.32 Å². The molecular weight excluding hydrogens is 236 g/mol. The van der Waals surface area contributed by atoms with Crippen molar-refractivity contribution in [3.8, 4) is 0 Å². The first kappa shape index (κ1) is 13.4. The lowest BCUT2D eigenvalue weighted by atomic mass is 9.83. The fourth-order valence-corrected chi connectivity index (χ4v) is 3.91. The van der Waals surface area contributed by atoms with Crippen LogP contribution in [0.2, 0.25) is 0 Å². The lowest BCUT2D eigenvalue weighted by molar-refractivity contribution is -0.127. The van der Waals surface area contributed by atoms with Crippen LogP contribution in [0.15, 0.2) is 0 Å². The zero-order valence-electron chi connectivity index (χ0n) is 11.9. The molecule has 0 heterocycles. The molecule has 0 aromatic heterocycles. The minimum absolute atomic E-state index is 0.229. The molecule has 0 aromatic rings. The Labute approximate surface area is 116 Å². The Morgan fingerprint density at radius 3 is 2.00 bits per heavy atom. The summed E-state index contributed by atoms with van der Waals surface area (Å²) in [5.41, 5.74) is 5.92. The van der Waals surface area contributed by atoms with E-state index >= 15 is 0 Å². The monoisotopic (exact) mass is 264 g/mol. The van der Waals surface area contributed by atoms with Crippen LogP contribution in [0.5, 0.6) is 0 Å². The summed E-state index contributed by atoms with van der Waals surface area (Å²) in [7, 11) is 0. The summed E-state index contributed by atoms with van der Waals surface area (Å²) in [6, 6.07) is 0.229. The van der Waals surface area contributed by atoms with Crippen molar-refractivity contribution in [2.45, 2.75) is 63.8 Å². The largest absolute Gasteiger partial charge is 0.352 e. The van der Waals surface area contributed by atoms with Gasteiger partial charge in [0.05, 0.1) is 0 Å². The van der Waals surface area contributed by atoms with Gasteiger partial charge in [0, 0.05) is 18.5 Å². The van der Waals surface area contributed by atoms with E-state index in [1.807, 2.05) is 0 Å². The summed E-state index contributed by atoms with van der Waals surface area (Å²) in [5, 5.41) is 3.32. The number of hydrogen-bond donors (Lipinski definition) is 2. The smallest absolute Gasteiger partial charge is 0.223 e. The molecule has 19 heavy (non-hydrogen) atoms. The minimum atomic E-state index is 0.229. The molecule has 0 saturated heterocycles. The number of nitrogens with one attached hydrogen (secondary N) is 1. The highest BCUT2D eigenvalue weighted by Gasteiger charge is 2.46. The second-order valence-corrected chi connectivity index (χ2v) is 6.95. The zero-order valence-corrected chi connectivity index (χ0v) is 11.9. The molecule has 1 amide bonds. The minimum Gasteiger partial charge on any atom is -0.352 e. The summed E-state index contributed by atoms with van der Waals surface area (Å²) < 4.78 is 0. The molecule has 3 saturated carbocycles. The first-order valence-corrected chi connectivity index (χ1v) is 8.30. The maximum Gasteiger partial charge on any atom is 0.223 e. The number of carbonyl (C=O) groups is 1. The highest BCUT2D eigenvalue weighted by atomic mass is 16.2. The van der Waals surface area contributed by atoms with Crippen molar-refractivity contribution in [3.05, 3.63) is 0 Å². The molecule has 3 aliphatic rings. The molecular formula is C16H28N2O. The average molecular weight is 264 g/mol. The standard InChI is InChI=1S/C16H28N2O/c17-10-14(11-4-2-1-3-5-11)18-16(19)15(12-6-7-12)13-8-9-13/h11-15H,1-10,17H2,(H,18,19). The molecule has 0 spiro atoms. The van der Waals surface area contributed by atoms with Crippen molar-refractivity contribution >= 4 is 5.91 Å². The van der Waals surface area contributed by atoms with Crippen molar-refractivity contribution in [1.29, 1.82) is 0 Å². The number of carbonyl (C=O) groups excluding carboxylic acids is 1. The van der Waals surface area contributed by atoms with Gasteiger partial charge in [0.1, 0.15) is 0 Å². The van der Waals surface area contributed by atoms with Crippen LogP contribution in [-0.4, -0.2) is 18.5 Å². The second kappa shape index (κ2) is 5.82. The van der Waals surface area contributed by atoms with Gasteiger partial charge in [-0.15, -0.1) is 0 Å². The predicted octanol–water partition coefficient (Wildman–Crippen LogP) is 2.45. The van der Waals surface area contributed by atoms with Gasteiger partial charge < -0.3 is 11.1 Å². The van der Waals surface area contributed by atoms with E-state index in [1.54, 1.807) is 0 Å². The van der Waals surface area contributed by atoms with Gasteiger partial charge in [0.25, 0.3) is 0 Å². The van der Waals surface area contributed by atoms with Crippen LogP contribution in [-0.2, 0) is 4.79 Å². The van der Waals surface area contributed by atoms with Gasteiger partial charge in [-0.05, 0) is 56.3 Å². The highest BCUT2D eigenvalue weighted by molar-refractivity contribution is 5.80. The molecule has 3 nitrogen and oxygen atoms in total. The fraction of sp³-hybridized carbons (Fsp3) is 0.938. The molecule has 0 aromatic carbocycles. The van der Waals surface area contributed by atoms with Gasteiger partial charge in [-0.25, -0.2) is 0 Å². The van der Waals surface area contributed by atoms with Gasteiger partial charge in [-0.2, -0.15) is 0 Å². The molecule has 3 rings (SSSR count). The van der Waals surface area contributed by atoms with E-state index in [0.29, 0.717) is 36.1 Å². The molecule has 0 bridgehead atoms. The molecule has 0 radical (unpaired) electrons. The summed E-state index contributed by atoms with van der Waals surface area (Å²) in [4.78, 5) is 12.6. The van der Waals surface area contributed by atoms with Crippen LogP contribution in [0, 0.1) is 23.7 Å². The van der Waals surface area contributed by atoms with Gasteiger partial charge in [0.15, 0.2) is 0 Å². The van der Waals surface area contributed by atoms with Crippen molar-refractivity contribution < 1.29 is 4.79 Å². The lowest BCUT2D eigenvalue weighted by Gasteiger charge is -2.31. The Morgan fingerprint density at radius 1 is 0.947 bits per heavy atom. The first-order valence-electron chi connectivity index (χ1n) is 8.30. The van der Waals surface area contributed by atoms with Crippen molar-refractivity contribution in [3.63, 3.8) is 0 Å². The van der Waals surface area contributed by atoms with Crippen LogP contribution in [0.4, 0.5) is 0 Å². The van der Waals surface area contributed by atoms with Crippen LogP contribution in [0.3, 0.4) is 0 Å². The third-order valence-electron chi connectivity index (χ3n) is 5.36. The van der Waals surface area contributed by atoms with E-state index in [-0.39, 0.29) is 6.04 Å². The number of nitrogens with two attached hydrogens (primary N) is 1. The lowest BCUT2D eigenvalue weighted by Crippen LogP contribution is -2.48. The van der Waals surface area contributed by atoms with E-state index in [9.17, 15) is 4.79 Å². The van der Waals surface area contributed by atoms with Crippen LogP contribution in [0.1, 0.15) is 57.8 Å². The van der Waals surface area contributed by atoms with Gasteiger partial charge in [0.2, 0.25) is 5.91 Å². The quantitative estimate of drug-likeness (QED) is 0.774. The van der Waals surface area contributed by atoms with Crippen LogP contribution >= 0.6 is 0 Å². The SMILES string of the molecule is NCC(NC(=O)C(C1CC1)C1CC1)C1CCCCC1. The molecule has 0 aliphatic heterocycles. The normalized spacial score (nSPS) is 26.4. The maximum atomic E-state index is 12.6. The van der Waals surface area contributed by atoms with Crippen LogP contribution in [0.25, 0.3) is 0 Å². The number of amides is 1. The molecule has 3 aliphatic carbocycles. The molecule has 3 heteroatoms. The van der Waals surface area contributed by atoms with Crippen molar-refractivity contribution in [2.75, 3.05) is 6.54 Å². The maximum absolute atomic E-state index is 12.6. The summed E-state index contributed by atoms with van der Waals surface area (Å²) in [5.74, 6) is 2.65. The number of hydrogen-bond acceptors (Lipinski definition) is 2. The predicted molar refractivity (Wildman–Crippen MR) is 76.5 cm³/mol. The van der Waals surface area contributed by atoms with Gasteiger partial charge >= 0.3 is 0 Å².